The average molecular weight is 274 g/mol. The second kappa shape index (κ2) is 4.80. The molecule has 1 fully saturated rings. The van der Waals surface area contributed by atoms with Crippen molar-refractivity contribution in [3.8, 4) is 0 Å². The van der Waals surface area contributed by atoms with Crippen molar-refractivity contribution in [3.05, 3.63) is 18.3 Å². The minimum atomic E-state index is -0.344. The molecule has 0 aromatic carbocycles. The van der Waals surface area contributed by atoms with Crippen LogP contribution >= 0.6 is 0 Å². The summed E-state index contributed by atoms with van der Waals surface area (Å²) in [6.07, 6.45) is 3.02. The van der Waals surface area contributed by atoms with Crippen molar-refractivity contribution < 1.29 is 9.59 Å². The molecule has 2 aromatic rings. The summed E-state index contributed by atoms with van der Waals surface area (Å²) < 4.78 is 1.55. The van der Waals surface area contributed by atoms with Gasteiger partial charge in [0.15, 0.2) is 17.3 Å². The summed E-state index contributed by atoms with van der Waals surface area (Å²) in [5.74, 6) is 1.09. The van der Waals surface area contributed by atoms with E-state index in [1.54, 1.807) is 27.7 Å². The zero-order chi connectivity index (χ0) is 14.1. The normalized spacial score (nSPS) is 14.8. The number of aromatic nitrogens is 3. The number of imidazole rings is 1. The maximum Gasteiger partial charge on any atom is 0.320 e. The lowest BCUT2D eigenvalue weighted by Gasteiger charge is -2.13. The Hall–Kier alpha value is -2.64. The maximum atomic E-state index is 11.7. The van der Waals surface area contributed by atoms with Gasteiger partial charge in [-0.05, 0) is 18.6 Å². The van der Waals surface area contributed by atoms with Crippen molar-refractivity contribution in [3.63, 3.8) is 0 Å². The molecular weight excluding hydrogens is 260 g/mol. The van der Waals surface area contributed by atoms with E-state index in [1.807, 2.05) is 0 Å². The summed E-state index contributed by atoms with van der Waals surface area (Å²) in [6, 6.07) is 3.18. The van der Waals surface area contributed by atoms with Gasteiger partial charge in [0.2, 0.25) is 5.91 Å². The van der Waals surface area contributed by atoms with Gasteiger partial charge in [0.05, 0.1) is 6.20 Å². The third-order valence-corrected chi connectivity index (χ3v) is 3.12. The summed E-state index contributed by atoms with van der Waals surface area (Å²) in [5.41, 5.74) is 0.604. The molecule has 20 heavy (non-hydrogen) atoms. The topological polar surface area (TPSA) is 91.6 Å². The van der Waals surface area contributed by atoms with Crippen LogP contribution in [0.15, 0.2) is 18.3 Å². The van der Waals surface area contributed by atoms with E-state index >= 15 is 0 Å². The van der Waals surface area contributed by atoms with Crippen molar-refractivity contribution in [2.24, 2.45) is 0 Å². The molecule has 104 valence electrons. The quantitative estimate of drug-likeness (QED) is 0.839. The Kier molecular flexibility index (Phi) is 2.97. The van der Waals surface area contributed by atoms with Crippen molar-refractivity contribution in [1.29, 1.82) is 0 Å². The van der Waals surface area contributed by atoms with E-state index < -0.39 is 0 Å². The number of rotatable bonds is 2. The molecule has 0 radical (unpaired) electrons. The predicted octanol–water partition coefficient (Wildman–Crippen LogP) is 0.607. The molecule has 3 amide bonds. The molecule has 2 N–H and O–H groups in total. The number of amides is 3. The first kappa shape index (κ1) is 12.4. The highest BCUT2D eigenvalue weighted by Gasteiger charge is 2.23. The first-order valence-corrected chi connectivity index (χ1v) is 6.33. The molecule has 8 heteroatoms. The van der Waals surface area contributed by atoms with Gasteiger partial charge < -0.3 is 5.32 Å². The number of anilines is 2. The van der Waals surface area contributed by atoms with E-state index in [0.717, 1.165) is 6.42 Å². The first-order valence-electron chi connectivity index (χ1n) is 6.33. The number of fused-ring (bicyclic) bond motifs is 1. The van der Waals surface area contributed by atoms with E-state index in [2.05, 4.69) is 20.7 Å². The van der Waals surface area contributed by atoms with Crippen LogP contribution in [-0.4, -0.2) is 40.1 Å². The lowest BCUT2D eigenvalue weighted by atomic mass is 10.4. The number of nitrogens with one attached hydrogen (secondary N) is 2. The largest absolute Gasteiger partial charge is 0.341 e. The van der Waals surface area contributed by atoms with Crippen LogP contribution in [-0.2, 0) is 4.79 Å². The third kappa shape index (κ3) is 2.15. The summed E-state index contributed by atoms with van der Waals surface area (Å²) in [6.45, 7) is 0.690. The standard InChI is InChI=1S/C12H14N6O2/c1-13-12(20)15-8-7-18-9(14-8)4-5-10(16-18)17-6-2-3-11(17)19/h4-5,7H,2-3,6H2,1H3,(H2,13,15,20). The molecule has 0 unspecified atom stereocenters. The summed E-state index contributed by atoms with van der Waals surface area (Å²) >= 11 is 0. The summed E-state index contributed by atoms with van der Waals surface area (Å²) in [7, 11) is 1.53. The average Bonchev–Trinajstić information content (AvgIpc) is 3.03. The highest BCUT2D eigenvalue weighted by molar-refractivity contribution is 5.94. The van der Waals surface area contributed by atoms with E-state index in [4.69, 9.17) is 0 Å². The molecular formula is C12H14N6O2. The lowest BCUT2D eigenvalue weighted by molar-refractivity contribution is -0.117. The van der Waals surface area contributed by atoms with Crippen molar-refractivity contribution in [2.75, 3.05) is 23.8 Å². The number of nitrogens with zero attached hydrogens (tertiary/aromatic N) is 4. The Morgan fingerprint density at radius 2 is 2.25 bits per heavy atom. The Balaban J connectivity index is 1.91. The number of urea groups is 1. The maximum absolute atomic E-state index is 11.7. The fourth-order valence-corrected chi connectivity index (χ4v) is 2.15. The van der Waals surface area contributed by atoms with Crippen molar-refractivity contribution in [2.45, 2.75) is 12.8 Å². The van der Waals surface area contributed by atoms with Gasteiger partial charge in [0.25, 0.3) is 0 Å². The minimum Gasteiger partial charge on any atom is -0.341 e. The van der Waals surface area contributed by atoms with Gasteiger partial charge in [0, 0.05) is 20.0 Å². The SMILES string of the molecule is CNC(=O)Nc1cn2nc(N3CCCC3=O)ccc2n1. The van der Waals surface area contributed by atoms with Crippen LogP contribution in [0, 0.1) is 0 Å². The van der Waals surface area contributed by atoms with Crippen LogP contribution in [0.5, 0.6) is 0 Å². The molecule has 0 saturated carbocycles. The molecule has 2 aromatic heterocycles. The third-order valence-electron chi connectivity index (χ3n) is 3.12. The number of hydrogen-bond donors (Lipinski definition) is 2. The first-order chi connectivity index (χ1) is 9.67. The second-order valence-corrected chi connectivity index (χ2v) is 4.47. The van der Waals surface area contributed by atoms with Crippen LogP contribution in [0.1, 0.15) is 12.8 Å². The summed E-state index contributed by atoms with van der Waals surface area (Å²) in [5, 5.41) is 9.37. The van der Waals surface area contributed by atoms with E-state index in [0.29, 0.717) is 30.2 Å². The molecule has 0 atom stereocenters. The van der Waals surface area contributed by atoms with Gasteiger partial charge >= 0.3 is 6.03 Å². The fourth-order valence-electron chi connectivity index (χ4n) is 2.15. The number of carbonyl (C=O) groups excluding carboxylic acids is 2. The minimum absolute atomic E-state index is 0.0840. The fraction of sp³-hybridized carbons (Fsp3) is 0.333. The van der Waals surface area contributed by atoms with Crippen molar-refractivity contribution >= 4 is 29.2 Å². The van der Waals surface area contributed by atoms with Crippen LogP contribution in [0.25, 0.3) is 5.65 Å². The van der Waals surface area contributed by atoms with Gasteiger partial charge in [-0.25, -0.2) is 14.3 Å². The van der Waals surface area contributed by atoms with E-state index in [9.17, 15) is 9.59 Å². The monoisotopic (exact) mass is 274 g/mol. The van der Waals surface area contributed by atoms with Crippen LogP contribution in [0.2, 0.25) is 0 Å². The molecule has 1 aliphatic rings. The predicted molar refractivity (Wildman–Crippen MR) is 72.7 cm³/mol. The zero-order valence-corrected chi connectivity index (χ0v) is 11.0. The molecule has 0 bridgehead atoms. The Bertz CT molecular complexity index is 680. The molecule has 8 nitrogen and oxygen atoms in total. The number of carbonyl (C=O) groups is 2. The highest BCUT2D eigenvalue weighted by atomic mass is 16.2. The molecule has 0 aliphatic carbocycles. The number of hydrogen-bond acceptors (Lipinski definition) is 4. The molecule has 1 saturated heterocycles. The van der Waals surface area contributed by atoms with Gasteiger partial charge in [0.1, 0.15) is 0 Å². The Morgan fingerprint density at radius 1 is 1.40 bits per heavy atom. The van der Waals surface area contributed by atoms with Crippen LogP contribution in [0.4, 0.5) is 16.4 Å². The smallest absolute Gasteiger partial charge is 0.320 e. The molecule has 1 aliphatic heterocycles. The van der Waals surface area contributed by atoms with Gasteiger partial charge in [-0.15, -0.1) is 5.10 Å². The Labute approximate surface area is 114 Å². The van der Waals surface area contributed by atoms with E-state index in [1.165, 1.54) is 7.05 Å². The van der Waals surface area contributed by atoms with E-state index in [-0.39, 0.29) is 11.9 Å². The van der Waals surface area contributed by atoms with Gasteiger partial charge in [-0.3, -0.25) is 15.0 Å². The molecule has 3 heterocycles. The van der Waals surface area contributed by atoms with Crippen LogP contribution in [0.3, 0.4) is 0 Å². The van der Waals surface area contributed by atoms with Gasteiger partial charge in [-0.2, -0.15) is 0 Å². The van der Waals surface area contributed by atoms with Gasteiger partial charge in [-0.1, -0.05) is 0 Å². The summed E-state index contributed by atoms with van der Waals surface area (Å²) in [4.78, 5) is 28.8. The van der Waals surface area contributed by atoms with Crippen LogP contribution < -0.4 is 15.5 Å². The Morgan fingerprint density at radius 3 is 2.95 bits per heavy atom. The molecule has 0 spiro atoms. The highest BCUT2D eigenvalue weighted by Crippen LogP contribution is 2.19. The van der Waals surface area contributed by atoms with Crippen molar-refractivity contribution in [1.82, 2.24) is 19.9 Å². The lowest BCUT2D eigenvalue weighted by Crippen LogP contribution is -2.25. The zero-order valence-electron chi connectivity index (χ0n) is 11.0. The molecule has 3 rings (SSSR count). The second-order valence-electron chi connectivity index (χ2n) is 4.47.